The van der Waals surface area contributed by atoms with Gasteiger partial charge in [-0.05, 0) is 23.3 Å². The van der Waals surface area contributed by atoms with Crippen molar-refractivity contribution in [3.8, 4) is 0 Å². The van der Waals surface area contributed by atoms with Crippen molar-refractivity contribution in [1.82, 2.24) is 5.32 Å². The molecular formula is C16H17ClF3NO. The molecule has 22 heavy (non-hydrogen) atoms. The summed E-state index contributed by atoms with van der Waals surface area (Å²) in [7, 11) is 0. The molecule has 0 saturated heterocycles. The van der Waals surface area contributed by atoms with Crippen molar-refractivity contribution < 1.29 is 18.3 Å². The Hall–Kier alpha value is -1.56. The van der Waals surface area contributed by atoms with E-state index in [1.165, 1.54) is 12.1 Å². The minimum Gasteiger partial charge on any atom is -0.387 e. The van der Waals surface area contributed by atoms with Gasteiger partial charge in [0.2, 0.25) is 0 Å². The molecule has 0 bridgehead atoms. The van der Waals surface area contributed by atoms with Gasteiger partial charge in [-0.2, -0.15) is 13.2 Å². The second kappa shape index (κ2) is 8.17. The SMILES string of the molecule is Cl.OC(CNCc1ccc(C(F)(F)F)cc1)c1ccccc1. The molecule has 0 radical (unpaired) electrons. The van der Waals surface area contributed by atoms with Gasteiger partial charge in [0, 0.05) is 13.1 Å². The highest BCUT2D eigenvalue weighted by molar-refractivity contribution is 5.85. The quantitative estimate of drug-likeness (QED) is 0.869. The zero-order chi connectivity index (χ0) is 15.3. The fraction of sp³-hybridized carbons (Fsp3) is 0.250. The molecule has 2 rings (SSSR count). The smallest absolute Gasteiger partial charge is 0.387 e. The van der Waals surface area contributed by atoms with Gasteiger partial charge in [0.05, 0.1) is 11.7 Å². The Balaban J connectivity index is 0.00000242. The van der Waals surface area contributed by atoms with Crippen LogP contribution in [-0.2, 0) is 12.7 Å². The number of aliphatic hydroxyl groups excluding tert-OH is 1. The summed E-state index contributed by atoms with van der Waals surface area (Å²) >= 11 is 0. The number of rotatable bonds is 5. The summed E-state index contributed by atoms with van der Waals surface area (Å²) in [5, 5.41) is 13.0. The third-order valence-corrected chi connectivity index (χ3v) is 3.13. The van der Waals surface area contributed by atoms with Crippen molar-refractivity contribution in [2.75, 3.05) is 6.54 Å². The molecule has 120 valence electrons. The van der Waals surface area contributed by atoms with E-state index in [4.69, 9.17) is 0 Å². The molecule has 0 spiro atoms. The minimum atomic E-state index is -4.31. The van der Waals surface area contributed by atoms with Gasteiger partial charge in [-0.1, -0.05) is 42.5 Å². The van der Waals surface area contributed by atoms with Crippen molar-refractivity contribution in [2.24, 2.45) is 0 Å². The van der Waals surface area contributed by atoms with Crippen molar-refractivity contribution in [1.29, 1.82) is 0 Å². The topological polar surface area (TPSA) is 32.3 Å². The van der Waals surface area contributed by atoms with Crippen LogP contribution in [-0.4, -0.2) is 11.7 Å². The number of nitrogens with one attached hydrogen (secondary N) is 1. The predicted octanol–water partition coefficient (Wildman–Crippen LogP) is 3.95. The summed E-state index contributed by atoms with van der Waals surface area (Å²) in [6, 6.07) is 14.2. The van der Waals surface area contributed by atoms with E-state index in [-0.39, 0.29) is 12.4 Å². The first-order valence-electron chi connectivity index (χ1n) is 6.56. The lowest BCUT2D eigenvalue weighted by Crippen LogP contribution is -2.21. The maximum Gasteiger partial charge on any atom is 0.416 e. The maximum absolute atomic E-state index is 12.4. The molecule has 2 N–H and O–H groups in total. The van der Waals surface area contributed by atoms with Crippen molar-refractivity contribution in [2.45, 2.75) is 18.8 Å². The highest BCUT2D eigenvalue weighted by atomic mass is 35.5. The Morgan fingerprint density at radius 2 is 1.55 bits per heavy atom. The fourth-order valence-electron chi connectivity index (χ4n) is 1.96. The Morgan fingerprint density at radius 1 is 0.955 bits per heavy atom. The number of halogens is 4. The third-order valence-electron chi connectivity index (χ3n) is 3.13. The average molecular weight is 332 g/mol. The van der Waals surface area contributed by atoms with Crippen LogP contribution in [0.25, 0.3) is 0 Å². The molecule has 6 heteroatoms. The Labute approximate surface area is 133 Å². The highest BCUT2D eigenvalue weighted by Gasteiger charge is 2.29. The number of hydrogen-bond acceptors (Lipinski definition) is 2. The van der Waals surface area contributed by atoms with Crippen LogP contribution < -0.4 is 5.32 Å². The highest BCUT2D eigenvalue weighted by Crippen LogP contribution is 2.29. The molecule has 2 aromatic carbocycles. The summed E-state index contributed by atoms with van der Waals surface area (Å²) in [5.41, 5.74) is 0.885. The van der Waals surface area contributed by atoms with Gasteiger partial charge in [0.25, 0.3) is 0 Å². The molecule has 2 nitrogen and oxygen atoms in total. The van der Waals surface area contributed by atoms with E-state index in [9.17, 15) is 18.3 Å². The maximum atomic E-state index is 12.4. The van der Waals surface area contributed by atoms with E-state index in [0.717, 1.165) is 23.3 Å². The Bertz CT molecular complexity index is 558. The first-order valence-corrected chi connectivity index (χ1v) is 6.56. The van der Waals surface area contributed by atoms with E-state index in [1.807, 2.05) is 30.3 Å². The standard InChI is InChI=1S/C16H16F3NO.ClH/c17-16(18,19)14-8-6-12(7-9-14)10-20-11-15(21)13-4-2-1-3-5-13;/h1-9,15,20-21H,10-11H2;1H. The van der Waals surface area contributed by atoms with Crippen LogP contribution in [0.3, 0.4) is 0 Å². The van der Waals surface area contributed by atoms with Crippen LogP contribution in [0.15, 0.2) is 54.6 Å². The Kier molecular flexibility index (Phi) is 6.87. The van der Waals surface area contributed by atoms with Gasteiger partial charge in [0.15, 0.2) is 0 Å². The number of hydrogen-bond donors (Lipinski definition) is 2. The van der Waals surface area contributed by atoms with E-state index in [1.54, 1.807) is 0 Å². The summed E-state index contributed by atoms with van der Waals surface area (Å²) in [4.78, 5) is 0. The lowest BCUT2D eigenvalue weighted by atomic mass is 10.1. The molecule has 2 aromatic rings. The molecule has 0 saturated carbocycles. The molecule has 0 amide bonds. The largest absolute Gasteiger partial charge is 0.416 e. The van der Waals surface area contributed by atoms with Crippen LogP contribution >= 0.6 is 12.4 Å². The first kappa shape index (κ1) is 18.5. The molecule has 0 aliphatic heterocycles. The minimum absolute atomic E-state index is 0. The molecule has 0 heterocycles. The van der Waals surface area contributed by atoms with Gasteiger partial charge in [0.1, 0.15) is 0 Å². The number of aliphatic hydroxyl groups is 1. The second-order valence-corrected chi connectivity index (χ2v) is 4.75. The molecule has 1 unspecified atom stereocenters. The summed E-state index contributed by atoms with van der Waals surface area (Å²) < 4.78 is 37.2. The van der Waals surface area contributed by atoms with Gasteiger partial charge >= 0.3 is 6.18 Å². The van der Waals surface area contributed by atoms with Gasteiger partial charge in [-0.25, -0.2) is 0 Å². The summed E-state index contributed by atoms with van der Waals surface area (Å²) in [6.45, 7) is 0.743. The van der Waals surface area contributed by atoms with Crippen LogP contribution in [0, 0.1) is 0 Å². The zero-order valence-corrected chi connectivity index (χ0v) is 12.5. The van der Waals surface area contributed by atoms with Gasteiger partial charge in [-0.15, -0.1) is 12.4 Å². The molecule has 0 fully saturated rings. The Morgan fingerprint density at radius 3 is 2.09 bits per heavy atom. The fourth-order valence-corrected chi connectivity index (χ4v) is 1.96. The van der Waals surface area contributed by atoms with Crippen LogP contribution in [0.4, 0.5) is 13.2 Å². The van der Waals surface area contributed by atoms with Gasteiger partial charge in [-0.3, -0.25) is 0 Å². The molecule has 0 aromatic heterocycles. The van der Waals surface area contributed by atoms with E-state index >= 15 is 0 Å². The molecule has 0 aliphatic rings. The van der Waals surface area contributed by atoms with E-state index in [0.29, 0.717) is 13.1 Å². The van der Waals surface area contributed by atoms with Crippen LogP contribution in [0.1, 0.15) is 22.8 Å². The third kappa shape index (κ3) is 5.33. The van der Waals surface area contributed by atoms with Crippen LogP contribution in [0.5, 0.6) is 0 Å². The number of alkyl halides is 3. The van der Waals surface area contributed by atoms with E-state index in [2.05, 4.69) is 5.32 Å². The zero-order valence-electron chi connectivity index (χ0n) is 11.7. The monoisotopic (exact) mass is 331 g/mol. The van der Waals surface area contributed by atoms with Crippen molar-refractivity contribution in [3.05, 3.63) is 71.3 Å². The lowest BCUT2D eigenvalue weighted by molar-refractivity contribution is -0.137. The second-order valence-electron chi connectivity index (χ2n) is 4.75. The van der Waals surface area contributed by atoms with Crippen LogP contribution in [0.2, 0.25) is 0 Å². The molecule has 1 atom stereocenters. The van der Waals surface area contributed by atoms with Crippen molar-refractivity contribution in [3.63, 3.8) is 0 Å². The lowest BCUT2D eigenvalue weighted by Gasteiger charge is -2.12. The molecule has 0 aliphatic carbocycles. The van der Waals surface area contributed by atoms with E-state index < -0.39 is 17.8 Å². The summed E-state index contributed by atoms with van der Waals surface area (Å²) in [5.74, 6) is 0. The molecular weight excluding hydrogens is 315 g/mol. The predicted molar refractivity (Wildman–Crippen MR) is 81.8 cm³/mol. The van der Waals surface area contributed by atoms with Crippen molar-refractivity contribution >= 4 is 12.4 Å². The summed E-state index contributed by atoms with van der Waals surface area (Å²) in [6.07, 6.45) is -4.95. The van der Waals surface area contributed by atoms with Gasteiger partial charge < -0.3 is 10.4 Å². The average Bonchev–Trinajstić information content (AvgIpc) is 2.47. The number of benzene rings is 2. The first-order chi connectivity index (χ1) is 9.97. The normalized spacial score (nSPS) is 12.5.